The van der Waals surface area contributed by atoms with Crippen LogP contribution in [0.2, 0.25) is 0 Å². The molecule has 0 unspecified atom stereocenters. The van der Waals surface area contributed by atoms with Gasteiger partial charge in [-0.2, -0.15) is 5.10 Å². The minimum Gasteiger partial charge on any atom is -0.376 e. The van der Waals surface area contributed by atoms with Crippen LogP contribution in [0.15, 0.2) is 48.8 Å². The number of aromatic nitrogens is 2. The van der Waals surface area contributed by atoms with Crippen LogP contribution in [0.3, 0.4) is 0 Å². The third-order valence-electron chi connectivity index (χ3n) is 4.13. The molecular weight excluding hydrogens is 270 g/mol. The van der Waals surface area contributed by atoms with Crippen LogP contribution in [-0.2, 0) is 0 Å². The van der Waals surface area contributed by atoms with Gasteiger partial charge in [0.2, 0.25) is 0 Å². The number of fused-ring (bicyclic) bond motifs is 2. The number of aryl methyl sites for hydroxylation is 1. The number of hydrogen-bond donors (Lipinski definition) is 1. The number of hydrogen-bond acceptors (Lipinski definition) is 2. The fourth-order valence-corrected chi connectivity index (χ4v) is 3.16. The molecule has 1 aliphatic rings. The lowest BCUT2D eigenvalue weighted by atomic mass is 9.95. The molecule has 0 fully saturated rings. The molecule has 3 aromatic rings. The zero-order valence-electron chi connectivity index (χ0n) is 13.1. The maximum absolute atomic E-state index is 4.52. The van der Waals surface area contributed by atoms with Gasteiger partial charge < -0.3 is 5.32 Å². The standard InChI is InChI=1S/C19H19N3/c1-13-8-9-17-16(11-20-22(17)12-13)18-15-7-5-4-6-14(15)10-19(2,3)21-18/h4-12,21H,1-3H3. The van der Waals surface area contributed by atoms with Crippen molar-refractivity contribution in [3.05, 3.63) is 70.4 Å². The SMILES string of the molecule is Cc1ccc2c(C3=c4ccccc4=CC(C)(C)N3)cnn2c1. The Kier molecular flexibility index (Phi) is 2.67. The summed E-state index contributed by atoms with van der Waals surface area (Å²) in [6, 6.07) is 12.8. The third-order valence-corrected chi connectivity index (χ3v) is 4.13. The lowest BCUT2D eigenvalue weighted by Gasteiger charge is -2.29. The van der Waals surface area contributed by atoms with E-state index in [4.69, 9.17) is 0 Å². The summed E-state index contributed by atoms with van der Waals surface area (Å²) >= 11 is 0. The molecule has 3 heterocycles. The van der Waals surface area contributed by atoms with E-state index in [9.17, 15) is 0 Å². The molecule has 0 saturated heterocycles. The average molecular weight is 289 g/mol. The molecule has 4 rings (SSSR count). The number of pyridine rings is 1. The van der Waals surface area contributed by atoms with Crippen molar-refractivity contribution in [3.63, 3.8) is 0 Å². The molecular formula is C19H19N3. The Morgan fingerprint density at radius 2 is 1.91 bits per heavy atom. The Morgan fingerprint density at radius 3 is 2.77 bits per heavy atom. The minimum atomic E-state index is -0.0807. The third kappa shape index (κ3) is 2.01. The van der Waals surface area contributed by atoms with Gasteiger partial charge in [0.05, 0.1) is 22.9 Å². The lowest BCUT2D eigenvalue weighted by Crippen LogP contribution is -2.48. The van der Waals surface area contributed by atoms with Crippen molar-refractivity contribution in [1.82, 2.24) is 14.9 Å². The Bertz CT molecular complexity index is 993. The van der Waals surface area contributed by atoms with Gasteiger partial charge in [-0.15, -0.1) is 0 Å². The number of nitrogens with one attached hydrogen (secondary N) is 1. The molecule has 3 nitrogen and oxygen atoms in total. The first kappa shape index (κ1) is 13.1. The second kappa shape index (κ2) is 4.47. The summed E-state index contributed by atoms with van der Waals surface area (Å²) in [5.74, 6) is 0. The molecule has 1 aliphatic heterocycles. The molecule has 0 aliphatic carbocycles. The van der Waals surface area contributed by atoms with E-state index in [0.717, 1.165) is 16.8 Å². The van der Waals surface area contributed by atoms with E-state index in [0.29, 0.717) is 0 Å². The van der Waals surface area contributed by atoms with Gasteiger partial charge in [-0.3, -0.25) is 0 Å². The van der Waals surface area contributed by atoms with Gasteiger partial charge in [-0.25, -0.2) is 4.52 Å². The normalized spacial score (nSPS) is 16.0. The topological polar surface area (TPSA) is 29.3 Å². The molecule has 0 amide bonds. The van der Waals surface area contributed by atoms with Gasteiger partial charge in [0.15, 0.2) is 0 Å². The fourth-order valence-electron chi connectivity index (χ4n) is 3.16. The first-order valence-corrected chi connectivity index (χ1v) is 7.58. The highest BCUT2D eigenvalue weighted by molar-refractivity contribution is 5.78. The Labute approximate surface area is 129 Å². The molecule has 0 bridgehead atoms. The minimum absolute atomic E-state index is 0.0807. The summed E-state index contributed by atoms with van der Waals surface area (Å²) in [6.07, 6.45) is 6.29. The van der Waals surface area contributed by atoms with Crippen LogP contribution in [0.25, 0.3) is 17.3 Å². The van der Waals surface area contributed by atoms with E-state index in [-0.39, 0.29) is 5.54 Å². The summed E-state index contributed by atoms with van der Waals surface area (Å²) in [5.41, 5.74) is 4.55. The quantitative estimate of drug-likeness (QED) is 0.742. The number of benzene rings is 1. The summed E-state index contributed by atoms with van der Waals surface area (Å²) in [5, 5.41) is 10.7. The Balaban J connectivity index is 2.08. The zero-order chi connectivity index (χ0) is 15.3. The smallest absolute Gasteiger partial charge is 0.0755 e. The molecule has 1 aromatic carbocycles. The first-order chi connectivity index (χ1) is 10.5. The molecule has 0 spiro atoms. The van der Waals surface area contributed by atoms with Crippen molar-refractivity contribution in [2.75, 3.05) is 0 Å². The van der Waals surface area contributed by atoms with Crippen LogP contribution in [0.5, 0.6) is 0 Å². The van der Waals surface area contributed by atoms with Crippen LogP contribution in [-0.4, -0.2) is 15.2 Å². The molecule has 0 radical (unpaired) electrons. The van der Waals surface area contributed by atoms with E-state index in [1.54, 1.807) is 0 Å². The van der Waals surface area contributed by atoms with Crippen molar-refractivity contribution >= 4 is 17.3 Å². The van der Waals surface area contributed by atoms with Crippen molar-refractivity contribution < 1.29 is 0 Å². The van der Waals surface area contributed by atoms with E-state index in [1.165, 1.54) is 16.0 Å². The first-order valence-electron chi connectivity index (χ1n) is 7.58. The van der Waals surface area contributed by atoms with E-state index >= 15 is 0 Å². The monoisotopic (exact) mass is 289 g/mol. The van der Waals surface area contributed by atoms with Crippen molar-refractivity contribution in [2.24, 2.45) is 0 Å². The van der Waals surface area contributed by atoms with Crippen LogP contribution < -0.4 is 15.8 Å². The maximum atomic E-state index is 4.52. The summed E-state index contributed by atoms with van der Waals surface area (Å²) < 4.78 is 1.95. The van der Waals surface area contributed by atoms with Gasteiger partial charge in [0.25, 0.3) is 0 Å². The molecule has 1 N–H and O–H groups in total. The highest BCUT2D eigenvalue weighted by Gasteiger charge is 2.22. The van der Waals surface area contributed by atoms with Gasteiger partial charge in [-0.05, 0) is 37.6 Å². The second-order valence-corrected chi connectivity index (χ2v) is 6.55. The predicted octanol–water partition coefficient (Wildman–Crippen LogP) is 1.96. The number of nitrogens with zero attached hydrogens (tertiary/aromatic N) is 2. The van der Waals surface area contributed by atoms with Gasteiger partial charge in [-0.1, -0.05) is 36.4 Å². The van der Waals surface area contributed by atoms with Crippen molar-refractivity contribution in [3.8, 4) is 0 Å². The van der Waals surface area contributed by atoms with Crippen LogP contribution >= 0.6 is 0 Å². The lowest BCUT2D eigenvalue weighted by molar-refractivity contribution is 0.590. The van der Waals surface area contributed by atoms with Gasteiger partial charge in [0, 0.05) is 17.0 Å². The van der Waals surface area contributed by atoms with Crippen LogP contribution in [0.1, 0.15) is 25.0 Å². The summed E-state index contributed by atoms with van der Waals surface area (Å²) in [7, 11) is 0. The Hall–Kier alpha value is -2.55. The average Bonchev–Trinajstić information content (AvgIpc) is 2.88. The second-order valence-electron chi connectivity index (χ2n) is 6.55. The Morgan fingerprint density at radius 1 is 1.09 bits per heavy atom. The molecule has 3 heteroatoms. The largest absolute Gasteiger partial charge is 0.376 e. The molecule has 22 heavy (non-hydrogen) atoms. The fraction of sp³-hybridized carbons (Fsp3) is 0.211. The molecule has 2 aromatic heterocycles. The van der Waals surface area contributed by atoms with E-state index < -0.39 is 0 Å². The maximum Gasteiger partial charge on any atom is 0.0755 e. The highest BCUT2D eigenvalue weighted by Crippen LogP contribution is 2.21. The number of rotatable bonds is 1. The van der Waals surface area contributed by atoms with Crippen molar-refractivity contribution in [2.45, 2.75) is 26.3 Å². The van der Waals surface area contributed by atoms with Crippen LogP contribution in [0.4, 0.5) is 0 Å². The van der Waals surface area contributed by atoms with Gasteiger partial charge in [0.1, 0.15) is 0 Å². The summed E-state index contributed by atoms with van der Waals surface area (Å²) in [4.78, 5) is 0. The van der Waals surface area contributed by atoms with Gasteiger partial charge >= 0.3 is 0 Å². The predicted molar refractivity (Wildman–Crippen MR) is 89.8 cm³/mol. The van der Waals surface area contributed by atoms with Crippen LogP contribution in [0, 0.1) is 6.92 Å². The molecule has 0 saturated carbocycles. The molecule has 0 atom stereocenters. The van der Waals surface area contributed by atoms with E-state index in [2.05, 4.69) is 79.9 Å². The van der Waals surface area contributed by atoms with E-state index in [1.807, 2.05) is 10.7 Å². The molecule has 110 valence electrons. The summed E-state index contributed by atoms with van der Waals surface area (Å²) in [6.45, 7) is 6.47. The zero-order valence-corrected chi connectivity index (χ0v) is 13.1. The highest BCUT2D eigenvalue weighted by atomic mass is 15.2. The van der Waals surface area contributed by atoms with Crippen molar-refractivity contribution in [1.29, 1.82) is 0 Å².